The molecule has 31 heavy (non-hydrogen) atoms. The number of hydrogen-bond donors (Lipinski definition) is 3. The number of amides is 2. The SMILES string of the molecule is O=C(O)CCCCCNC(=O)C(=Cc1ccc2c(c1)OCO2)NC(=O)c1ccc(Br)o1. The number of benzene rings is 1. The Bertz CT molecular complexity index is 999. The van der Waals surface area contributed by atoms with Gasteiger partial charge in [0.25, 0.3) is 11.8 Å². The number of hydrogen-bond acceptors (Lipinski definition) is 6. The summed E-state index contributed by atoms with van der Waals surface area (Å²) in [6, 6.07) is 8.22. The average Bonchev–Trinajstić information content (AvgIpc) is 3.38. The molecule has 10 heteroatoms. The van der Waals surface area contributed by atoms with E-state index < -0.39 is 17.8 Å². The van der Waals surface area contributed by atoms with Crippen molar-refractivity contribution in [2.24, 2.45) is 0 Å². The van der Waals surface area contributed by atoms with Crippen molar-refractivity contribution in [2.45, 2.75) is 25.7 Å². The Morgan fingerprint density at radius 3 is 2.61 bits per heavy atom. The predicted molar refractivity (Wildman–Crippen MR) is 114 cm³/mol. The quantitative estimate of drug-likeness (QED) is 0.342. The van der Waals surface area contributed by atoms with Crippen LogP contribution in [0.2, 0.25) is 0 Å². The van der Waals surface area contributed by atoms with Crippen LogP contribution in [0.25, 0.3) is 6.08 Å². The smallest absolute Gasteiger partial charge is 0.303 e. The Kier molecular flexibility index (Phi) is 7.71. The van der Waals surface area contributed by atoms with Crippen LogP contribution in [-0.2, 0) is 9.59 Å². The minimum absolute atomic E-state index is 0.0296. The summed E-state index contributed by atoms with van der Waals surface area (Å²) in [4.78, 5) is 35.7. The van der Waals surface area contributed by atoms with E-state index in [1.807, 2.05) is 0 Å². The molecule has 0 atom stereocenters. The number of carboxylic acids is 1. The third-order valence-electron chi connectivity index (χ3n) is 4.35. The van der Waals surface area contributed by atoms with Crippen LogP contribution >= 0.6 is 15.9 Å². The van der Waals surface area contributed by atoms with Gasteiger partial charge in [-0.3, -0.25) is 14.4 Å². The second kappa shape index (κ2) is 10.7. The minimum atomic E-state index is -0.842. The monoisotopic (exact) mass is 492 g/mol. The summed E-state index contributed by atoms with van der Waals surface area (Å²) in [5.74, 6) is -0.693. The largest absolute Gasteiger partial charge is 0.481 e. The van der Waals surface area contributed by atoms with Crippen LogP contribution < -0.4 is 20.1 Å². The Labute approximate surface area is 186 Å². The van der Waals surface area contributed by atoms with Crippen LogP contribution in [-0.4, -0.2) is 36.2 Å². The van der Waals surface area contributed by atoms with Gasteiger partial charge in [-0.1, -0.05) is 12.5 Å². The van der Waals surface area contributed by atoms with E-state index in [1.54, 1.807) is 24.3 Å². The van der Waals surface area contributed by atoms with Crippen LogP contribution in [0, 0.1) is 0 Å². The van der Waals surface area contributed by atoms with Crippen LogP contribution in [0.3, 0.4) is 0 Å². The standard InChI is InChI=1S/C21H21BrN2O7/c22-18-8-7-16(31-18)21(28)24-14(20(27)23-9-3-1-2-4-19(25)26)10-13-5-6-15-17(11-13)30-12-29-15/h5-8,10-11H,1-4,9,12H2,(H,23,27)(H,24,28)(H,25,26). The van der Waals surface area contributed by atoms with E-state index in [2.05, 4.69) is 26.6 Å². The van der Waals surface area contributed by atoms with E-state index in [1.165, 1.54) is 12.1 Å². The van der Waals surface area contributed by atoms with Crippen molar-refractivity contribution in [2.75, 3.05) is 13.3 Å². The van der Waals surface area contributed by atoms with Gasteiger partial charge in [0, 0.05) is 13.0 Å². The number of ether oxygens (including phenoxy) is 2. The fourth-order valence-corrected chi connectivity index (χ4v) is 3.13. The van der Waals surface area contributed by atoms with Gasteiger partial charge in [-0.2, -0.15) is 0 Å². The van der Waals surface area contributed by atoms with Crippen molar-refractivity contribution in [1.29, 1.82) is 0 Å². The number of nitrogens with one attached hydrogen (secondary N) is 2. The van der Waals surface area contributed by atoms with Gasteiger partial charge in [0.1, 0.15) is 5.70 Å². The highest BCUT2D eigenvalue weighted by molar-refractivity contribution is 9.10. The molecule has 1 aliphatic rings. The lowest BCUT2D eigenvalue weighted by atomic mass is 10.1. The van der Waals surface area contributed by atoms with Crippen LogP contribution in [0.5, 0.6) is 11.5 Å². The van der Waals surface area contributed by atoms with E-state index in [9.17, 15) is 14.4 Å². The Hall–Kier alpha value is -3.27. The molecule has 0 radical (unpaired) electrons. The van der Waals surface area contributed by atoms with Crippen LogP contribution in [0.15, 0.2) is 45.1 Å². The van der Waals surface area contributed by atoms with Gasteiger partial charge in [-0.25, -0.2) is 0 Å². The number of halogens is 1. The highest BCUT2D eigenvalue weighted by Crippen LogP contribution is 2.33. The molecule has 2 heterocycles. The molecule has 3 rings (SSSR count). The number of unbranched alkanes of at least 4 members (excludes halogenated alkanes) is 2. The highest BCUT2D eigenvalue weighted by atomic mass is 79.9. The Morgan fingerprint density at radius 1 is 1.06 bits per heavy atom. The molecule has 0 saturated heterocycles. The Morgan fingerprint density at radius 2 is 1.87 bits per heavy atom. The van der Waals surface area contributed by atoms with Crippen molar-refractivity contribution < 1.29 is 33.4 Å². The minimum Gasteiger partial charge on any atom is -0.481 e. The molecule has 1 aliphatic heterocycles. The molecule has 1 aromatic heterocycles. The summed E-state index contributed by atoms with van der Waals surface area (Å²) in [7, 11) is 0. The third-order valence-corrected chi connectivity index (χ3v) is 4.78. The molecule has 164 valence electrons. The zero-order valence-corrected chi connectivity index (χ0v) is 18.1. The molecule has 3 N–H and O–H groups in total. The summed E-state index contributed by atoms with van der Waals surface area (Å²) in [6.45, 7) is 0.473. The van der Waals surface area contributed by atoms with Gasteiger partial charge in [0.2, 0.25) is 6.79 Å². The molecule has 0 fully saturated rings. The third kappa shape index (κ3) is 6.61. The maximum Gasteiger partial charge on any atom is 0.303 e. The number of carbonyl (C=O) groups is 3. The maximum absolute atomic E-state index is 12.7. The van der Waals surface area contributed by atoms with Crippen LogP contribution in [0.1, 0.15) is 41.8 Å². The average molecular weight is 493 g/mol. The molecule has 0 saturated carbocycles. The first kappa shape index (κ1) is 22.4. The first-order valence-corrected chi connectivity index (χ1v) is 10.4. The molecule has 1 aromatic carbocycles. The molecule has 0 unspecified atom stereocenters. The number of fused-ring (bicyclic) bond motifs is 1. The van der Waals surface area contributed by atoms with E-state index in [0.29, 0.717) is 47.5 Å². The first-order chi connectivity index (χ1) is 14.9. The topological polar surface area (TPSA) is 127 Å². The number of carbonyl (C=O) groups excluding carboxylic acids is 2. The number of rotatable bonds is 10. The lowest BCUT2D eigenvalue weighted by molar-refractivity contribution is -0.137. The molecule has 2 aromatic rings. The lowest BCUT2D eigenvalue weighted by Gasteiger charge is -2.10. The summed E-state index contributed by atoms with van der Waals surface area (Å²) >= 11 is 3.14. The Balaban J connectivity index is 1.68. The maximum atomic E-state index is 12.7. The van der Waals surface area contributed by atoms with E-state index in [4.69, 9.17) is 19.0 Å². The lowest BCUT2D eigenvalue weighted by Crippen LogP contribution is -2.35. The highest BCUT2D eigenvalue weighted by Gasteiger charge is 2.18. The number of furan rings is 1. The number of carboxylic acid groups (broad SMARTS) is 1. The van der Waals surface area contributed by atoms with Gasteiger partial charge >= 0.3 is 5.97 Å². The second-order valence-electron chi connectivity index (χ2n) is 6.69. The molecule has 0 bridgehead atoms. The zero-order chi connectivity index (χ0) is 22.2. The van der Waals surface area contributed by atoms with Crippen molar-refractivity contribution in [3.05, 3.63) is 52.0 Å². The van der Waals surface area contributed by atoms with Gasteiger partial charge in [0.15, 0.2) is 21.9 Å². The second-order valence-corrected chi connectivity index (χ2v) is 7.47. The predicted octanol–water partition coefficient (Wildman–Crippen LogP) is 3.30. The van der Waals surface area contributed by atoms with Gasteiger partial charge in [-0.05, 0) is 64.7 Å². The van der Waals surface area contributed by atoms with E-state index in [0.717, 1.165) is 0 Å². The molecule has 0 spiro atoms. The van der Waals surface area contributed by atoms with Crippen molar-refractivity contribution in [3.63, 3.8) is 0 Å². The van der Waals surface area contributed by atoms with Crippen molar-refractivity contribution in [3.8, 4) is 11.5 Å². The van der Waals surface area contributed by atoms with Gasteiger partial charge in [0.05, 0.1) is 0 Å². The molecular formula is C21H21BrN2O7. The first-order valence-electron chi connectivity index (χ1n) is 9.60. The van der Waals surface area contributed by atoms with Gasteiger partial charge in [-0.15, -0.1) is 0 Å². The molecular weight excluding hydrogens is 472 g/mol. The zero-order valence-electron chi connectivity index (χ0n) is 16.5. The van der Waals surface area contributed by atoms with Crippen LogP contribution in [0.4, 0.5) is 0 Å². The summed E-state index contributed by atoms with van der Waals surface area (Å²) in [5, 5.41) is 14.0. The van der Waals surface area contributed by atoms with E-state index in [-0.39, 0.29) is 24.7 Å². The summed E-state index contributed by atoms with van der Waals surface area (Å²) in [5.41, 5.74) is 0.665. The fraction of sp³-hybridized carbons (Fsp3) is 0.286. The van der Waals surface area contributed by atoms with Gasteiger partial charge < -0.3 is 29.6 Å². The molecule has 9 nitrogen and oxygen atoms in total. The molecule has 0 aliphatic carbocycles. The number of aliphatic carboxylic acids is 1. The summed E-state index contributed by atoms with van der Waals surface area (Å²) < 4.78 is 16.3. The van der Waals surface area contributed by atoms with E-state index >= 15 is 0 Å². The summed E-state index contributed by atoms with van der Waals surface area (Å²) in [6.07, 6.45) is 3.45. The fourth-order valence-electron chi connectivity index (χ4n) is 2.82. The van der Waals surface area contributed by atoms with Crippen molar-refractivity contribution >= 4 is 39.8 Å². The molecule has 2 amide bonds. The van der Waals surface area contributed by atoms with Crippen molar-refractivity contribution in [1.82, 2.24) is 10.6 Å². The normalized spacial score (nSPS) is 12.5.